The lowest BCUT2D eigenvalue weighted by Crippen LogP contribution is -2.27. The Morgan fingerprint density at radius 3 is 2.65 bits per heavy atom. The van der Waals surface area contributed by atoms with Gasteiger partial charge in [-0.1, -0.05) is 0 Å². The first-order valence-electron chi connectivity index (χ1n) is 5.86. The Hall–Kier alpha value is -2.02. The van der Waals surface area contributed by atoms with Crippen LogP contribution >= 0.6 is 11.3 Å². The van der Waals surface area contributed by atoms with E-state index in [1.165, 1.54) is 11.3 Å². The molecule has 1 atom stereocenters. The number of rotatable bonds is 3. The van der Waals surface area contributed by atoms with E-state index in [1.807, 2.05) is 6.92 Å². The van der Waals surface area contributed by atoms with Gasteiger partial charge in [0, 0.05) is 22.8 Å². The lowest BCUT2D eigenvalue weighted by Gasteiger charge is -2.12. The van der Waals surface area contributed by atoms with Crippen LogP contribution in [0.1, 0.15) is 33.2 Å². The van der Waals surface area contributed by atoms with Gasteiger partial charge < -0.3 is 11.1 Å². The molecule has 7 heteroatoms. The summed E-state index contributed by atoms with van der Waals surface area (Å²) < 4.78 is 26.1. The zero-order valence-electron chi connectivity index (χ0n) is 10.9. The van der Waals surface area contributed by atoms with Gasteiger partial charge in [0.1, 0.15) is 5.01 Å². The van der Waals surface area contributed by atoms with E-state index in [4.69, 9.17) is 5.73 Å². The molecule has 1 heterocycles. The molecule has 1 aromatic heterocycles. The molecule has 0 fully saturated rings. The molecule has 0 saturated carbocycles. The number of nitrogens with zero attached hydrogens (tertiary/aromatic N) is 1. The number of carbonyl (C=O) groups is 1. The molecular formula is C13H13F2N3OS. The third-order valence-electron chi connectivity index (χ3n) is 2.69. The van der Waals surface area contributed by atoms with Crippen molar-refractivity contribution in [3.05, 3.63) is 45.4 Å². The molecule has 0 spiro atoms. The average molecular weight is 297 g/mol. The van der Waals surface area contributed by atoms with Gasteiger partial charge in [-0.25, -0.2) is 13.8 Å². The van der Waals surface area contributed by atoms with Crippen LogP contribution in [0.3, 0.4) is 0 Å². The van der Waals surface area contributed by atoms with Crippen LogP contribution in [-0.2, 0) is 0 Å². The normalized spacial score (nSPS) is 12.2. The molecule has 1 amide bonds. The molecule has 1 aromatic carbocycles. The summed E-state index contributed by atoms with van der Waals surface area (Å²) in [7, 11) is 0. The number of hydrogen-bond acceptors (Lipinski definition) is 4. The summed E-state index contributed by atoms with van der Waals surface area (Å²) in [6.07, 6.45) is 1.70. The predicted octanol–water partition coefficient (Wildman–Crippen LogP) is 2.80. The van der Waals surface area contributed by atoms with E-state index < -0.39 is 17.5 Å². The van der Waals surface area contributed by atoms with Crippen molar-refractivity contribution in [2.75, 3.05) is 5.73 Å². The molecule has 20 heavy (non-hydrogen) atoms. The summed E-state index contributed by atoms with van der Waals surface area (Å²) in [4.78, 5) is 17.2. The largest absolute Gasteiger partial charge is 0.398 e. The molecule has 0 bridgehead atoms. The molecule has 4 nitrogen and oxygen atoms in total. The van der Waals surface area contributed by atoms with E-state index >= 15 is 0 Å². The van der Waals surface area contributed by atoms with Crippen LogP contribution in [0.2, 0.25) is 0 Å². The quantitative estimate of drug-likeness (QED) is 0.856. The molecule has 1 unspecified atom stereocenters. The van der Waals surface area contributed by atoms with Gasteiger partial charge in [-0.05, 0) is 19.9 Å². The Kier molecular flexibility index (Phi) is 3.99. The van der Waals surface area contributed by atoms with Crippen LogP contribution in [-0.4, -0.2) is 10.9 Å². The van der Waals surface area contributed by atoms with Gasteiger partial charge in [0.25, 0.3) is 5.91 Å². The highest BCUT2D eigenvalue weighted by molar-refractivity contribution is 7.11. The first kappa shape index (κ1) is 14.4. The minimum absolute atomic E-state index is 0.0935. The van der Waals surface area contributed by atoms with Crippen molar-refractivity contribution < 1.29 is 13.6 Å². The number of aryl methyl sites for hydroxylation is 1. The molecule has 0 saturated heterocycles. The van der Waals surface area contributed by atoms with Crippen LogP contribution in [0.25, 0.3) is 0 Å². The zero-order chi connectivity index (χ0) is 14.9. The van der Waals surface area contributed by atoms with Gasteiger partial charge in [-0.3, -0.25) is 4.79 Å². The van der Waals surface area contributed by atoms with Crippen LogP contribution in [0.5, 0.6) is 0 Å². The number of halogens is 2. The van der Waals surface area contributed by atoms with E-state index in [9.17, 15) is 13.6 Å². The number of amides is 1. The number of aromatic nitrogens is 1. The van der Waals surface area contributed by atoms with Crippen molar-refractivity contribution in [2.45, 2.75) is 19.9 Å². The maximum Gasteiger partial charge on any atom is 0.254 e. The van der Waals surface area contributed by atoms with E-state index in [2.05, 4.69) is 10.3 Å². The van der Waals surface area contributed by atoms with E-state index in [-0.39, 0.29) is 17.3 Å². The smallest absolute Gasteiger partial charge is 0.254 e. The first-order valence-corrected chi connectivity index (χ1v) is 6.68. The number of anilines is 1. The third-order valence-corrected chi connectivity index (χ3v) is 3.79. The Morgan fingerprint density at radius 2 is 2.05 bits per heavy atom. The Morgan fingerprint density at radius 1 is 1.40 bits per heavy atom. The lowest BCUT2D eigenvalue weighted by atomic mass is 10.1. The monoisotopic (exact) mass is 297 g/mol. The van der Waals surface area contributed by atoms with Crippen LogP contribution in [0.15, 0.2) is 18.3 Å². The number of nitrogens with one attached hydrogen (secondary N) is 1. The van der Waals surface area contributed by atoms with Crippen molar-refractivity contribution >= 4 is 22.9 Å². The summed E-state index contributed by atoms with van der Waals surface area (Å²) in [5, 5.41) is 3.39. The van der Waals surface area contributed by atoms with Crippen molar-refractivity contribution in [1.82, 2.24) is 10.3 Å². The number of thiazole rings is 1. The summed E-state index contributed by atoms with van der Waals surface area (Å²) in [6, 6.07) is 1.25. The highest BCUT2D eigenvalue weighted by atomic mass is 32.1. The fraction of sp³-hybridized carbons (Fsp3) is 0.231. The number of nitrogen functional groups attached to an aromatic ring is 1. The molecule has 0 aliphatic carbocycles. The number of benzene rings is 1. The standard InChI is InChI=1S/C13H13F2N3OS/c1-6-5-17-13(20-6)7(2)18-12(19)8-3-9(14)10(15)4-11(8)16/h3-5,7H,16H2,1-2H3,(H,18,19). The molecular weight excluding hydrogens is 284 g/mol. The zero-order valence-corrected chi connectivity index (χ0v) is 11.7. The second-order valence-corrected chi connectivity index (χ2v) is 5.62. The van der Waals surface area contributed by atoms with Crippen LogP contribution in [0, 0.1) is 18.6 Å². The topological polar surface area (TPSA) is 68.0 Å². The van der Waals surface area contributed by atoms with Crippen LogP contribution in [0.4, 0.5) is 14.5 Å². The SMILES string of the molecule is Cc1cnc(C(C)NC(=O)c2cc(F)c(F)cc2N)s1. The minimum atomic E-state index is -1.11. The van der Waals surface area contributed by atoms with Gasteiger partial charge in [-0.15, -0.1) is 11.3 Å². The van der Waals surface area contributed by atoms with Crippen molar-refractivity contribution in [3.63, 3.8) is 0 Å². The van der Waals surface area contributed by atoms with Gasteiger partial charge >= 0.3 is 0 Å². The summed E-state index contributed by atoms with van der Waals surface area (Å²) in [5.74, 6) is -2.76. The number of hydrogen-bond donors (Lipinski definition) is 2. The predicted molar refractivity (Wildman–Crippen MR) is 73.5 cm³/mol. The van der Waals surface area contributed by atoms with E-state index in [0.29, 0.717) is 0 Å². The molecule has 0 radical (unpaired) electrons. The van der Waals surface area contributed by atoms with Gasteiger partial charge in [0.2, 0.25) is 0 Å². The first-order chi connectivity index (χ1) is 9.38. The highest BCUT2D eigenvalue weighted by Crippen LogP contribution is 2.21. The van der Waals surface area contributed by atoms with Crippen molar-refractivity contribution in [2.24, 2.45) is 0 Å². The van der Waals surface area contributed by atoms with Crippen LogP contribution < -0.4 is 11.1 Å². The third kappa shape index (κ3) is 2.93. The Bertz CT molecular complexity index is 657. The second-order valence-electron chi connectivity index (χ2n) is 4.36. The average Bonchev–Trinajstić information content (AvgIpc) is 2.80. The summed E-state index contributed by atoms with van der Waals surface area (Å²) in [5.41, 5.74) is 5.33. The minimum Gasteiger partial charge on any atom is -0.398 e. The van der Waals surface area contributed by atoms with E-state index in [0.717, 1.165) is 22.0 Å². The molecule has 2 rings (SSSR count). The fourth-order valence-electron chi connectivity index (χ4n) is 1.67. The molecule has 3 N–H and O–H groups in total. The highest BCUT2D eigenvalue weighted by Gasteiger charge is 2.18. The Balaban J connectivity index is 2.18. The molecule has 2 aromatic rings. The Labute approximate surface area is 118 Å². The van der Waals surface area contributed by atoms with Crippen molar-refractivity contribution in [1.29, 1.82) is 0 Å². The van der Waals surface area contributed by atoms with E-state index in [1.54, 1.807) is 13.1 Å². The lowest BCUT2D eigenvalue weighted by molar-refractivity contribution is 0.0940. The summed E-state index contributed by atoms with van der Waals surface area (Å²) in [6.45, 7) is 3.66. The molecule has 0 aliphatic rings. The fourth-order valence-corrected chi connectivity index (χ4v) is 2.44. The van der Waals surface area contributed by atoms with Gasteiger partial charge in [0.15, 0.2) is 11.6 Å². The van der Waals surface area contributed by atoms with Gasteiger partial charge in [0.05, 0.1) is 11.6 Å². The molecule has 0 aliphatic heterocycles. The number of carbonyl (C=O) groups excluding carboxylic acids is 1. The maximum absolute atomic E-state index is 13.2. The second kappa shape index (κ2) is 5.54. The number of nitrogens with two attached hydrogens (primary N) is 1. The molecule has 106 valence electrons. The van der Waals surface area contributed by atoms with Gasteiger partial charge in [-0.2, -0.15) is 0 Å². The maximum atomic E-state index is 13.2. The van der Waals surface area contributed by atoms with Crippen molar-refractivity contribution in [3.8, 4) is 0 Å². The summed E-state index contributed by atoms with van der Waals surface area (Å²) >= 11 is 1.45.